The van der Waals surface area contributed by atoms with E-state index < -0.39 is 11.1 Å². The lowest BCUT2D eigenvalue weighted by Gasteiger charge is -2.10. The largest absolute Gasteiger partial charge is 0.321 e. The zero-order chi connectivity index (χ0) is 14.7. The molecule has 0 N–H and O–H groups in total. The number of aryl methyl sites for hydroxylation is 2. The minimum atomic E-state index is -0.560. The Morgan fingerprint density at radius 1 is 1.10 bits per heavy atom. The van der Waals surface area contributed by atoms with E-state index in [1.165, 1.54) is 9.13 Å². The molecule has 0 aliphatic carbocycles. The Labute approximate surface area is 117 Å². The van der Waals surface area contributed by atoms with E-state index in [2.05, 4.69) is 11.8 Å². The third-order valence-corrected chi connectivity index (χ3v) is 3.10. The predicted octanol–water partition coefficient (Wildman–Crippen LogP) is 1.64. The lowest BCUT2D eigenvalue weighted by molar-refractivity contribution is 0.743. The van der Waals surface area contributed by atoms with Gasteiger partial charge in [0, 0.05) is 12.4 Å². The average molecular weight is 268 g/mol. The molecule has 0 spiro atoms. The number of aromatic nitrogens is 2. The highest BCUT2D eigenvalue weighted by Crippen LogP contribution is 2.13. The Morgan fingerprint density at radius 3 is 2.50 bits per heavy atom. The minimum Gasteiger partial charge on any atom is -0.298 e. The number of benzene rings is 1. The van der Waals surface area contributed by atoms with E-state index in [-0.39, 0.29) is 6.54 Å². The molecule has 0 atom stereocenters. The molecule has 4 heteroatoms. The second-order valence-corrected chi connectivity index (χ2v) is 4.62. The molecule has 1 aromatic carbocycles. The lowest BCUT2D eigenvalue weighted by atomic mass is 10.1. The monoisotopic (exact) mass is 268 g/mol. The van der Waals surface area contributed by atoms with Crippen LogP contribution in [0.25, 0.3) is 5.69 Å². The van der Waals surface area contributed by atoms with E-state index in [9.17, 15) is 9.59 Å². The maximum Gasteiger partial charge on any atom is 0.321 e. The van der Waals surface area contributed by atoms with Crippen molar-refractivity contribution in [2.75, 3.05) is 0 Å². The maximum absolute atomic E-state index is 12.2. The fourth-order valence-electron chi connectivity index (χ4n) is 2.06. The number of hydrogen-bond acceptors (Lipinski definition) is 2. The summed E-state index contributed by atoms with van der Waals surface area (Å²) < 4.78 is 2.70. The molecule has 0 fully saturated rings. The molecule has 0 aliphatic rings. The van der Waals surface area contributed by atoms with Gasteiger partial charge in [-0.2, -0.15) is 0 Å². The second kappa shape index (κ2) is 5.62. The van der Waals surface area contributed by atoms with Crippen LogP contribution in [0, 0.1) is 25.7 Å². The molecule has 0 bridgehead atoms. The molecule has 2 aromatic rings. The van der Waals surface area contributed by atoms with Crippen molar-refractivity contribution in [2.45, 2.75) is 27.3 Å². The fraction of sp³-hybridized carbons (Fsp3) is 0.250. The second-order valence-electron chi connectivity index (χ2n) is 4.62. The molecule has 102 valence electrons. The van der Waals surface area contributed by atoms with Gasteiger partial charge in [-0.1, -0.05) is 23.6 Å². The van der Waals surface area contributed by atoms with Gasteiger partial charge in [-0.25, -0.2) is 0 Å². The van der Waals surface area contributed by atoms with Crippen molar-refractivity contribution in [3.8, 4) is 17.5 Å². The molecule has 0 aliphatic heterocycles. The molecule has 0 saturated carbocycles. The summed E-state index contributed by atoms with van der Waals surface area (Å²) in [5.41, 5.74) is 1.68. The average Bonchev–Trinajstić information content (AvgIpc) is 2.41. The van der Waals surface area contributed by atoms with E-state index in [1.807, 2.05) is 32.0 Å². The van der Waals surface area contributed by atoms with Crippen LogP contribution in [0.3, 0.4) is 0 Å². The van der Waals surface area contributed by atoms with Crippen molar-refractivity contribution in [3.63, 3.8) is 0 Å². The van der Waals surface area contributed by atoms with Crippen LogP contribution in [0.2, 0.25) is 0 Å². The lowest BCUT2D eigenvalue weighted by Crippen LogP contribution is -2.40. The van der Waals surface area contributed by atoms with E-state index >= 15 is 0 Å². The molecule has 1 heterocycles. The summed E-state index contributed by atoms with van der Waals surface area (Å²) in [7, 11) is 0. The molecule has 4 nitrogen and oxygen atoms in total. The van der Waals surface area contributed by atoms with Crippen LogP contribution in [-0.2, 0) is 6.54 Å². The topological polar surface area (TPSA) is 44.0 Å². The van der Waals surface area contributed by atoms with Crippen molar-refractivity contribution < 1.29 is 0 Å². The Kier molecular flexibility index (Phi) is 3.90. The van der Waals surface area contributed by atoms with Crippen LogP contribution in [0.4, 0.5) is 0 Å². The summed E-state index contributed by atoms with van der Waals surface area (Å²) >= 11 is 0. The predicted molar refractivity (Wildman–Crippen MR) is 79.2 cm³/mol. The molecule has 0 radical (unpaired) electrons. The molecular formula is C16H16N2O2. The van der Waals surface area contributed by atoms with Gasteiger partial charge in [-0.05, 0) is 32.4 Å². The van der Waals surface area contributed by atoms with Crippen LogP contribution in [0.1, 0.15) is 18.1 Å². The third kappa shape index (κ3) is 2.57. The standard InChI is InChI=1S/C16H16N2O2/c1-4-5-8-17-9-10-18(16(20)15(17)19)14-7-6-12(2)11-13(14)3/h6-7,9-11H,8H2,1-3H3. The normalized spacial score (nSPS) is 9.95. The first-order chi connectivity index (χ1) is 9.54. The van der Waals surface area contributed by atoms with Crippen LogP contribution in [0.15, 0.2) is 40.2 Å². The summed E-state index contributed by atoms with van der Waals surface area (Å²) in [6.45, 7) is 5.84. The highest BCUT2D eigenvalue weighted by Gasteiger charge is 2.08. The van der Waals surface area contributed by atoms with Gasteiger partial charge < -0.3 is 0 Å². The van der Waals surface area contributed by atoms with Crippen molar-refractivity contribution in [1.29, 1.82) is 0 Å². The fourth-order valence-corrected chi connectivity index (χ4v) is 2.06. The Bertz CT molecular complexity index is 817. The van der Waals surface area contributed by atoms with E-state index in [4.69, 9.17) is 0 Å². The molecular weight excluding hydrogens is 252 g/mol. The van der Waals surface area contributed by atoms with Crippen molar-refractivity contribution in [1.82, 2.24) is 9.13 Å². The first-order valence-corrected chi connectivity index (χ1v) is 6.34. The van der Waals surface area contributed by atoms with Crippen LogP contribution in [-0.4, -0.2) is 9.13 Å². The highest BCUT2D eigenvalue weighted by atomic mass is 16.2. The third-order valence-electron chi connectivity index (χ3n) is 3.10. The Morgan fingerprint density at radius 2 is 1.85 bits per heavy atom. The summed E-state index contributed by atoms with van der Waals surface area (Å²) in [5.74, 6) is 5.48. The van der Waals surface area contributed by atoms with Crippen molar-refractivity contribution in [3.05, 3.63) is 62.4 Å². The van der Waals surface area contributed by atoms with E-state index in [1.54, 1.807) is 19.3 Å². The van der Waals surface area contributed by atoms with Gasteiger partial charge in [-0.3, -0.25) is 18.7 Å². The summed E-state index contributed by atoms with van der Waals surface area (Å²) in [5, 5.41) is 0. The first kappa shape index (κ1) is 13.9. The Balaban J connectivity index is 2.59. The zero-order valence-corrected chi connectivity index (χ0v) is 11.8. The number of rotatable bonds is 2. The van der Waals surface area contributed by atoms with Crippen LogP contribution < -0.4 is 11.1 Å². The molecule has 0 unspecified atom stereocenters. The highest BCUT2D eigenvalue weighted by molar-refractivity contribution is 5.42. The van der Waals surface area contributed by atoms with Gasteiger partial charge in [0.1, 0.15) is 0 Å². The van der Waals surface area contributed by atoms with Crippen molar-refractivity contribution >= 4 is 0 Å². The van der Waals surface area contributed by atoms with Gasteiger partial charge in [0.15, 0.2) is 0 Å². The summed E-state index contributed by atoms with van der Waals surface area (Å²) in [6.07, 6.45) is 3.20. The minimum absolute atomic E-state index is 0.234. The van der Waals surface area contributed by atoms with Gasteiger partial charge in [-0.15, -0.1) is 5.92 Å². The quantitative estimate of drug-likeness (QED) is 0.614. The number of hydrogen-bond donors (Lipinski definition) is 0. The molecule has 0 saturated heterocycles. The molecule has 2 rings (SSSR count). The number of nitrogens with zero attached hydrogens (tertiary/aromatic N) is 2. The molecule has 1 aromatic heterocycles. The van der Waals surface area contributed by atoms with Crippen LogP contribution >= 0.6 is 0 Å². The van der Waals surface area contributed by atoms with Crippen LogP contribution in [0.5, 0.6) is 0 Å². The summed E-state index contributed by atoms with van der Waals surface area (Å²) in [6, 6.07) is 5.75. The van der Waals surface area contributed by atoms with Gasteiger partial charge >= 0.3 is 11.1 Å². The smallest absolute Gasteiger partial charge is 0.298 e. The Hall–Kier alpha value is -2.54. The maximum atomic E-state index is 12.2. The van der Waals surface area contributed by atoms with E-state index in [0.29, 0.717) is 0 Å². The molecule has 20 heavy (non-hydrogen) atoms. The zero-order valence-electron chi connectivity index (χ0n) is 11.8. The van der Waals surface area contributed by atoms with Crippen molar-refractivity contribution in [2.24, 2.45) is 0 Å². The molecule has 0 amide bonds. The van der Waals surface area contributed by atoms with Gasteiger partial charge in [0.25, 0.3) is 0 Å². The van der Waals surface area contributed by atoms with Gasteiger partial charge in [0.05, 0.1) is 12.2 Å². The van der Waals surface area contributed by atoms with E-state index in [0.717, 1.165) is 16.8 Å². The van der Waals surface area contributed by atoms with Gasteiger partial charge in [0.2, 0.25) is 0 Å². The summed E-state index contributed by atoms with van der Waals surface area (Å²) in [4.78, 5) is 24.2. The first-order valence-electron chi connectivity index (χ1n) is 6.34. The SMILES string of the molecule is CC#CCn1ccn(-c2ccc(C)cc2C)c(=O)c1=O.